The molecule has 3 aromatic rings. The molecule has 0 saturated carbocycles. The number of hydrazone groups is 1. The van der Waals surface area contributed by atoms with Crippen molar-refractivity contribution in [1.29, 1.82) is 0 Å². The quantitative estimate of drug-likeness (QED) is 0.187. The molecule has 0 saturated heterocycles. The molecule has 1 aromatic heterocycles. The Labute approximate surface area is 189 Å². The molecule has 33 heavy (non-hydrogen) atoms. The Morgan fingerprint density at radius 3 is 2.39 bits per heavy atom. The van der Waals surface area contributed by atoms with Crippen LogP contribution in [0.2, 0.25) is 5.02 Å². The first-order valence-electron chi connectivity index (χ1n) is 9.00. The molecule has 170 valence electrons. The lowest BCUT2D eigenvalue weighted by molar-refractivity contribution is -0.137. The zero-order chi connectivity index (χ0) is 24.0. The van der Waals surface area contributed by atoms with Crippen LogP contribution in [0.25, 0.3) is 0 Å². The fraction of sp³-hybridized carbons (Fsp3) is 0.0476. The molecule has 0 atom stereocenters. The van der Waals surface area contributed by atoms with Gasteiger partial charge in [-0.15, -0.1) is 0 Å². The third-order valence-electron chi connectivity index (χ3n) is 3.94. The Balaban J connectivity index is 1.54. The summed E-state index contributed by atoms with van der Waals surface area (Å²) in [4.78, 5) is 35.6. The van der Waals surface area contributed by atoms with Gasteiger partial charge < -0.3 is 14.5 Å². The van der Waals surface area contributed by atoms with E-state index in [9.17, 15) is 27.6 Å². The average Bonchev–Trinajstić information content (AvgIpc) is 3.30. The standard InChI is InChI=1S/C21H13ClF3N3O5/c22-15-8-5-13(21(23,24)25)10-16(15)27-18(29)19(30)28-26-11-12-3-6-14(7-4-12)33-20(31)17-2-1-9-32-17/h1-11H,(H,27,29)(H,28,30)/b26-11+. The van der Waals surface area contributed by atoms with Crippen molar-refractivity contribution >= 4 is 41.3 Å². The van der Waals surface area contributed by atoms with E-state index in [4.69, 9.17) is 20.8 Å². The summed E-state index contributed by atoms with van der Waals surface area (Å²) in [6, 6.07) is 11.3. The number of benzene rings is 2. The van der Waals surface area contributed by atoms with Crippen LogP contribution >= 0.6 is 11.6 Å². The number of hydrogen-bond donors (Lipinski definition) is 2. The van der Waals surface area contributed by atoms with Crippen molar-refractivity contribution in [3.8, 4) is 5.75 Å². The highest BCUT2D eigenvalue weighted by molar-refractivity contribution is 6.41. The second-order valence-electron chi connectivity index (χ2n) is 6.28. The van der Waals surface area contributed by atoms with E-state index in [2.05, 4.69) is 5.10 Å². The Kier molecular flexibility index (Phi) is 7.13. The number of nitrogens with one attached hydrogen (secondary N) is 2. The first-order valence-corrected chi connectivity index (χ1v) is 9.38. The summed E-state index contributed by atoms with van der Waals surface area (Å²) in [6.45, 7) is 0. The van der Waals surface area contributed by atoms with Crippen LogP contribution in [-0.2, 0) is 15.8 Å². The van der Waals surface area contributed by atoms with Gasteiger partial charge in [0.2, 0.25) is 5.76 Å². The topological polar surface area (TPSA) is 110 Å². The Bertz CT molecular complexity index is 1190. The van der Waals surface area contributed by atoms with Crippen LogP contribution in [0.1, 0.15) is 21.7 Å². The number of carbonyl (C=O) groups excluding carboxylic acids is 3. The molecular formula is C21H13ClF3N3O5. The van der Waals surface area contributed by atoms with E-state index in [1.165, 1.54) is 42.8 Å². The van der Waals surface area contributed by atoms with Gasteiger partial charge in [0.25, 0.3) is 0 Å². The number of alkyl halides is 3. The van der Waals surface area contributed by atoms with Gasteiger partial charge in [-0.3, -0.25) is 9.59 Å². The molecule has 0 spiro atoms. The van der Waals surface area contributed by atoms with Gasteiger partial charge in [0.15, 0.2) is 0 Å². The maximum atomic E-state index is 12.8. The fourth-order valence-corrected chi connectivity index (χ4v) is 2.53. The molecule has 0 aliphatic heterocycles. The number of rotatable bonds is 5. The lowest BCUT2D eigenvalue weighted by Crippen LogP contribution is -2.32. The number of furan rings is 1. The van der Waals surface area contributed by atoms with E-state index in [1.807, 2.05) is 10.7 Å². The molecule has 0 aliphatic rings. The Hall–Kier alpha value is -4.12. The van der Waals surface area contributed by atoms with Crippen LogP contribution in [0.3, 0.4) is 0 Å². The average molecular weight is 480 g/mol. The van der Waals surface area contributed by atoms with Crippen LogP contribution in [0.4, 0.5) is 18.9 Å². The zero-order valence-electron chi connectivity index (χ0n) is 16.4. The maximum absolute atomic E-state index is 12.8. The molecule has 2 aromatic carbocycles. The first-order chi connectivity index (χ1) is 15.6. The molecule has 3 rings (SSSR count). The number of esters is 1. The molecule has 0 radical (unpaired) electrons. The van der Waals surface area contributed by atoms with E-state index in [0.29, 0.717) is 11.6 Å². The molecule has 12 heteroatoms. The summed E-state index contributed by atoms with van der Waals surface area (Å²) >= 11 is 5.77. The number of halogens is 4. The molecule has 0 bridgehead atoms. The highest BCUT2D eigenvalue weighted by Crippen LogP contribution is 2.33. The third-order valence-corrected chi connectivity index (χ3v) is 4.27. The lowest BCUT2D eigenvalue weighted by Gasteiger charge is -2.11. The summed E-state index contributed by atoms with van der Waals surface area (Å²) < 4.78 is 48.4. The van der Waals surface area contributed by atoms with Crippen LogP contribution in [0.15, 0.2) is 70.4 Å². The van der Waals surface area contributed by atoms with Gasteiger partial charge in [-0.1, -0.05) is 11.6 Å². The first kappa shape index (κ1) is 23.5. The van der Waals surface area contributed by atoms with Crippen molar-refractivity contribution in [3.05, 3.63) is 82.8 Å². The van der Waals surface area contributed by atoms with E-state index < -0.39 is 29.5 Å². The minimum absolute atomic E-state index is 0.0352. The van der Waals surface area contributed by atoms with Gasteiger partial charge in [0, 0.05) is 0 Å². The second kappa shape index (κ2) is 10.0. The molecular weight excluding hydrogens is 467 g/mol. The van der Waals surface area contributed by atoms with Crippen LogP contribution < -0.4 is 15.5 Å². The maximum Gasteiger partial charge on any atom is 0.416 e. The summed E-state index contributed by atoms with van der Waals surface area (Å²) in [5.41, 5.74) is 0.995. The zero-order valence-corrected chi connectivity index (χ0v) is 17.1. The second-order valence-corrected chi connectivity index (χ2v) is 6.69. The molecule has 1 heterocycles. The van der Waals surface area contributed by atoms with Gasteiger partial charge >= 0.3 is 24.0 Å². The molecule has 0 aliphatic carbocycles. The molecule has 8 nitrogen and oxygen atoms in total. The van der Waals surface area contributed by atoms with Crippen molar-refractivity contribution in [1.82, 2.24) is 5.43 Å². The number of anilines is 1. The predicted octanol–water partition coefficient (Wildman–Crippen LogP) is 4.26. The normalized spacial score (nSPS) is 11.3. The van der Waals surface area contributed by atoms with E-state index in [1.54, 1.807) is 6.07 Å². The number of carbonyl (C=O) groups is 3. The number of hydrogen-bond acceptors (Lipinski definition) is 6. The summed E-state index contributed by atoms with van der Waals surface area (Å²) in [5.74, 6) is -2.92. The van der Waals surface area contributed by atoms with Crippen LogP contribution in [0, 0.1) is 0 Å². The number of amides is 2. The van der Waals surface area contributed by atoms with Gasteiger partial charge in [0.1, 0.15) is 5.75 Å². The molecule has 2 N–H and O–H groups in total. The molecule has 2 amide bonds. The Morgan fingerprint density at radius 1 is 1.03 bits per heavy atom. The molecule has 0 unspecified atom stereocenters. The van der Waals surface area contributed by atoms with E-state index in [0.717, 1.165) is 12.1 Å². The van der Waals surface area contributed by atoms with Crippen molar-refractivity contribution in [3.63, 3.8) is 0 Å². The van der Waals surface area contributed by atoms with Crippen molar-refractivity contribution in [2.75, 3.05) is 5.32 Å². The lowest BCUT2D eigenvalue weighted by atomic mass is 10.2. The monoisotopic (exact) mass is 479 g/mol. The van der Waals surface area contributed by atoms with E-state index in [-0.39, 0.29) is 22.2 Å². The highest BCUT2D eigenvalue weighted by Gasteiger charge is 2.31. The predicted molar refractivity (Wildman–Crippen MR) is 111 cm³/mol. The van der Waals surface area contributed by atoms with Crippen LogP contribution in [-0.4, -0.2) is 24.0 Å². The van der Waals surface area contributed by atoms with Gasteiger partial charge in [-0.25, -0.2) is 10.2 Å². The number of ether oxygens (including phenoxy) is 1. The van der Waals surface area contributed by atoms with Crippen molar-refractivity contribution < 1.29 is 36.7 Å². The minimum Gasteiger partial charge on any atom is -0.457 e. The van der Waals surface area contributed by atoms with Crippen molar-refractivity contribution in [2.45, 2.75) is 6.18 Å². The smallest absolute Gasteiger partial charge is 0.416 e. The highest BCUT2D eigenvalue weighted by atomic mass is 35.5. The molecule has 0 fully saturated rings. The largest absolute Gasteiger partial charge is 0.457 e. The van der Waals surface area contributed by atoms with Crippen molar-refractivity contribution in [2.24, 2.45) is 5.10 Å². The minimum atomic E-state index is -4.65. The SMILES string of the molecule is O=C(N/N=C/c1ccc(OC(=O)c2ccco2)cc1)C(=O)Nc1cc(C(F)(F)F)ccc1Cl. The van der Waals surface area contributed by atoms with E-state index >= 15 is 0 Å². The van der Waals surface area contributed by atoms with Crippen LogP contribution in [0.5, 0.6) is 5.75 Å². The van der Waals surface area contributed by atoms with Gasteiger partial charge in [-0.05, 0) is 60.2 Å². The summed E-state index contributed by atoms with van der Waals surface area (Å²) in [7, 11) is 0. The summed E-state index contributed by atoms with van der Waals surface area (Å²) in [5, 5.41) is 5.41. The van der Waals surface area contributed by atoms with Gasteiger partial charge in [0.05, 0.1) is 28.8 Å². The fourth-order valence-electron chi connectivity index (χ4n) is 2.37. The summed E-state index contributed by atoms with van der Waals surface area (Å²) in [6.07, 6.45) is -2.12. The third kappa shape index (κ3) is 6.43. The Morgan fingerprint density at radius 2 is 1.76 bits per heavy atom. The van der Waals surface area contributed by atoms with Gasteiger partial charge in [-0.2, -0.15) is 18.3 Å². The number of nitrogens with zero attached hydrogens (tertiary/aromatic N) is 1.